The van der Waals surface area contributed by atoms with E-state index in [9.17, 15) is 18.0 Å². The van der Waals surface area contributed by atoms with Gasteiger partial charge in [0.25, 0.3) is 5.56 Å². The van der Waals surface area contributed by atoms with Gasteiger partial charge in [-0.25, -0.2) is 0 Å². The summed E-state index contributed by atoms with van der Waals surface area (Å²) in [6, 6.07) is 2.96. The number of pyridine rings is 1. The lowest BCUT2D eigenvalue weighted by molar-refractivity contribution is -0.0960. The predicted octanol–water partition coefficient (Wildman–Crippen LogP) is 2.02. The van der Waals surface area contributed by atoms with E-state index < -0.39 is 11.7 Å². The minimum atomic E-state index is -4.21. The highest BCUT2D eigenvalue weighted by Crippen LogP contribution is 2.30. The molecular weight excluding hydrogens is 283 g/mol. The normalized spacial score (nSPS) is 16.8. The number of nitrogen functional groups attached to an aromatic ring is 1. The fourth-order valence-corrected chi connectivity index (χ4v) is 2.36. The molecule has 1 aliphatic rings. The molecule has 0 amide bonds. The van der Waals surface area contributed by atoms with E-state index in [4.69, 9.17) is 5.73 Å². The number of aryl methyl sites for hydroxylation is 1. The van der Waals surface area contributed by atoms with Crippen molar-refractivity contribution in [2.24, 2.45) is 0 Å². The van der Waals surface area contributed by atoms with Gasteiger partial charge in [-0.15, -0.1) is 0 Å². The summed E-state index contributed by atoms with van der Waals surface area (Å²) >= 11 is 0. The third-order valence-electron chi connectivity index (χ3n) is 3.54. The van der Waals surface area contributed by atoms with E-state index in [2.05, 4.69) is 0 Å². The van der Waals surface area contributed by atoms with Crippen LogP contribution in [0.4, 0.5) is 18.9 Å². The molecule has 116 valence electrons. The maximum absolute atomic E-state index is 12.5. The Hall–Kier alpha value is -1.76. The van der Waals surface area contributed by atoms with Crippen molar-refractivity contribution in [3.63, 3.8) is 0 Å². The number of anilines is 1. The Morgan fingerprint density at radius 2 is 2.00 bits per heavy atom. The van der Waals surface area contributed by atoms with Gasteiger partial charge in [-0.2, -0.15) is 13.2 Å². The summed E-state index contributed by atoms with van der Waals surface area (Å²) in [5.74, 6) is 0. The van der Waals surface area contributed by atoms with Crippen molar-refractivity contribution in [1.82, 2.24) is 9.47 Å². The van der Waals surface area contributed by atoms with Gasteiger partial charge in [-0.3, -0.25) is 9.69 Å². The van der Waals surface area contributed by atoms with Gasteiger partial charge in [0.05, 0.1) is 0 Å². The van der Waals surface area contributed by atoms with Gasteiger partial charge in [0.1, 0.15) is 0 Å². The molecule has 0 bridgehead atoms. The average Bonchev–Trinajstić information content (AvgIpc) is 2.42. The van der Waals surface area contributed by atoms with Gasteiger partial charge < -0.3 is 10.3 Å². The summed E-state index contributed by atoms with van der Waals surface area (Å²) in [6.07, 6.45) is -0.655. The molecule has 2 N–H and O–H groups in total. The van der Waals surface area contributed by atoms with Crippen molar-refractivity contribution in [1.29, 1.82) is 0 Å². The van der Waals surface area contributed by atoms with Gasteiger partial charge in [0.2, 0.25) is 0 Å². The zero-order valence-electron chi connectivity index (χ0n) is 11.6. The lowest BCUT2D eigenvalue weighted by Gasteiger charge is -2.27. The molecule has 1 aliphatic heterocycles. The Morgan fingerprint density at radius 1 is 1.24 bits per heavy atom. The summed E-state index contributed by atoms with van der Waals surface area (Å²) < 4.78 is 39.0. The molecule has 1 aromatic rings. The number of aromatic nitrogens is 1. The smallest absolute Gasteiger partial charge is 0.398 e. The van der Waals surface area contributed by atoms with Crippen LogP contribution in [-0.2, 0) is 6.54 Å². The van der Waals surface area contributed by atoms with E-state index >= 15 is 0 Å². The molecule has 0 fully saturated rings. The molecule has 7 heteroatoms. The highest BCUT2D eigenvalue weighted by molar-refractivity contribution is 5.33. The highest BCUT2D eigenvalue weighted by Gasteiger charge is 2.34. The van der Waals surface area contributed by atoms with Crippen LogP contribution in [0.3, 0.4) is 0 Å². The molecule has 0 aromatic carbocycles. The fraction of sp³-hybridized carbons (Fsp3) is 0.500. The van der Waals surface area contributed by atoms with Gasteiger partial charge in [-0.1, -0.05) is 6.08 Å². The van der Waals surface area contributed by atoms with E-state index in [0.29, 0.717) is 38.3 Å². The molecule has 0 saturated heterocycles. The molecule has 0 unspecified atom stereocenters. The van der Waals surface area contributed by atoms with Crippen molar-refractivity contribution < 1.29 is 13.2 Å². The summed E-state index contributed by atoms with van der Waals surface area (Å²) in [7, 11) is 0. The maximum Gasteiger partial charge on any atom is 0.412 e. The number of alkyl halides is 3. The van der Waals surface area contributed by atoms with Crippen LogP contribution in [0.1, 0.15) is 12.8 Å². The minimum absolute atomic E-state index is 0.0295. The summed E-state index contributed by atoms with van der Waals surface area (Å²) in [6.45, 7) is 1.87. The van der Waals surface area contributed by atoms with Crippen molar-refractivity contribution in [2.75, 3.05) is 25.4 Å². The predicted molar refractivity (Wildman–Crippen MR) is 74.9 cm³/mol. The molecule has 1 aromatic heterocycles. The second kappa shape index (κ2) is 6.34. The maximum atomic E-state index is 12.5. The highest BCUT2D eigenvalue weighted by atomic mass is 19.4. The topological polar surface area (TPSA) is 51.3 Å². The first-order valence-corrected chi connectivity index (χ1v) is 6.81. The van der Waals surface area contributed by atoms with Crippen LogP contribution in [0, 0.1) is 0 Å². The SMILES string of the molecule is Nc1ccc(=O)n(CCCN2CC=C(C(F)(F)F)CC2)c1. The van der Waals surface area contributed by atoms with Crippen LogP contribution >= 0.6 is 0 Å². The quantitative estimate of drug-likeness (QED) is 0.866. The van der Waals surface area contributed by atoms with E-state index in [-0.39, 0.29) is 12.0 Å². The number of rotatable bonds is 4. The summed E-state index contributed by atoms with van der Waals surface area (Å²) in [4.78, 5) is 13.5. The molecule has 2 rings (SSSR count). The minimum Gasteiger partial charge on any atom is -0.398 e. The number of halogens is 3. The zero-order valence-corrected chi connectivity index (χ0v) is 11.6. The molecule has 4 nitrogen and oxygen atoms in total. The lowest BCUT2D eigenvalue weighted by atomic mass is 10.1. The van der Waals surface area contributed by atoms with Gasteiger partial charge in [0, 0.05) is 49.7 Å². The number of nitrogens with zero attached hydrogens (tertiary/aromatic N) is 2. The first-order valence-electron chi connectivity index (χ1n) is 6.81. The zero-order chi connectivity index (χ0) is 15.5. The number of nitrogens with two attached hydrogens (primary N) is 1. The molecule has 0 spiro atoms. The second-order valence-electron chi connectivity index (χ2n) is 5.13. The second-order valence-corrected chi connectivity index (χ2v) is 5.13. The standard InChI is InChI=1S/C14H18F3N3O/c15-14(16,17)11-4-8-19(9-5-11)6-1-7-20-10-12(18)2-3-13(20)21/h2-4,10H,1,5-9,18H2. The van der Waals surface area contributed by atoms with Crippen molar-refractivity contribution in [3.05, 3.63) is 40.3 Å². The third kappa shape index (κ3) is 4.35. The first kappa shape index (κ1) is 15.6. The van der Waals surface area contributed by atoms with Crippen LogP contribution in [0.15, 0.2) is 34.8 Å². The Labute approximate surface area is 120 Å². The van der Waals surface area contributed by atoms with E-state index in [0.717, 1.165) is 0 Å². The number of hydrogen-bond acceptors (Lipinski definition) is 3. The van der Waals surface area contributed by atoms with Crippen molar-refractivity contribution >= 4 is 5.69 Å². The van der Waals surface area contributed by atoms with Crippen LogP contribution in [-0.4, -0.2) is 35.3 Å². The molecule has 2 heterocycles. The van der Waals surface area contributed by atoms with Gasteiger partial charge in [-0.05, 0) is 18.9 Å². The first-order chi connectivity index (χ1) is 9.86. The fourth-order valence-electron chi connectivity index (χ4n) is 2.36. The van der Waals surface area contributed by atoms with Crippen molar-refractivity contribution in [2.45, 2.75) is 25.6 Å². The van der Waals surface area contributed by atoms with E-state index in [1.54, 1.807) is 12.3 Å². The average molecular weight is 301 g/mol. The molecular formula is C14H18F3N3O. The van der Waals surface area contributed by atoms with Crippen LogP contribution in [0.2, 0.25) is 0 Å². The van der Waals surface area contributed by atoms with E-state index in [1.165, 1.54) is 16.7 Å². The largest absolute Gasteiger partial charge is 0.412 e. The Morgan fingerprint density at radius 3 is 2.62 bits per heavy atom. The number of hydrogen-bond donors (Lipinski definition) is 1. The molecule has 0 radical (unpaired) electrons. The van der Waals surface area contributed by atoms with Crippen LogP contribution in [0.5, 0.6) is 0 Å². The van der Waals surface area contributed by atoms with Crippen LogP contribution < -0.4 is 11.3 Å². The summed E-state index contributed by atoms with van der Waals surface area (Å²) in [5, 5.41) is 0. The lowest BCUT2D eigenvalue weighted by Crippen LogP contribution is -2.33. The molecule has 0 atom stereocenters. The van der Waals surface area contributed by atoms with Crippen LogP contribution in [0.25, 0.3) is 0 Å². The Bertz CT molecular complexity index is 578. The molecule has 0 aliphatic carbocycles. The summed E-state index contributed by atoms with van der Waals surface area (Å²) in [5.41, 5.74) is 5.57. The molecule has 0 saturated carbocycles. The molecule has 21 heavy (non-hydrogen) atoms. The van der Waals surface area contributed by atoms with E-state index in [1.807, 2.05) is 4.90 Å². The Kier molecular flexibility index (Phi) is 4.72. The monoisotopic (exact) mass is 301 g/mol. The van der Waals surface area contributed by atoms with Crippen molar-refractivity contribution in [3.8, 4) is 0 Å². The van der Waals surface area contributed by atoms with Gasteiger partial charge in [0.15, 0.2) is 0 Å². The van der Waals surface area contributed by atoms with Gasteiger partial charge >= 0.3 is 6.18 Å². The third-order valence-corrected chi connectivity index (χ3v) is 3.54. The Balaban J connectivity index is 1.82.